The van der Waals surface area contributed by atoms with Crippen LogP contribution in [0.15, 0.2) is 69.9 Å². The minimum Gasteiger partial charge on any atom is -0.493 e. The standard InChI is InChI=1S/C30H28ClNO5/c1-17(2)16-36-24-12-10-19(14-25(24)35-4)27-26-28(33)21-13-18(3)9-11-23(21)37-29(26)30(34)32(27)15-20-7-5-6-8-22(20)31/h5-14,17,27H,15-16H2,1-4H3. The number of nitrogens with zero attached hydrogens (tertiary/aromatic N) is 1. The summed E-state index contributed by atoms with van der Waals surface area (Å²) in [6, 6.07) is 17.6. The lowest BCUT2D eigenvalue weighted by atomic mass is 9.97. The third-order valence-corrected chi connectivity index (χ3v) is 6.86. The molecule has 1 atom stereocenters. The molecule has 0 saturated carbocycles. The molecule has 1 aliphatic heterocycles. The van der Waals surface area contributed by atoms with E-state index in [4.69, 9.17) is 25.5 Å². The molecular weight excluding hydrogens is 490 g/mol. The molecule has 4 aromatic rings. The Morgan fingerprint density at radius 3 is 2.54 bits per heavy atom. The summed E-state index contributed by atoms with van der Waals surface area (Å²) in [5.74, 6) is 1.16. The van der Waals surface area contributed by atoms with E-state index < -0.39 is 6.04 Å². The molecule has 1 aliphatic rings. The second-order valence-corrected chi connectivity index (χ2v) is 10.1. The van der Waals surface area contributed by atoms with E-state index in [0.29, 0.717) is 51.1 Å². The van der Waals surface area contributed by atoms with Crippen molar-refractivity contribution in [3.8, 4) is 11.5 Å². The van der Waals surface area contributed by atoms with Crippen LogP contribution in [0.5, 0.6) is 11.5 Å². The van der Waals surface area contributed by atoms with Crippen molar-refractivity contribution in [3.05, 3.63) is 104 Å². The highest BCUT2D eigenvalue weighted by Gasteiger charge is 2.43. The highest BCUT2D eigenvalue weighted by atomic mass is 35.5. The fourth-order valence-electron chi connectivity index (χ4n) is 4.68. The number of benzene rings is 3. The van der Waals surface area contributed by atoms with Crippen molar-refractivity contribution in [1.29, 1.82) is 0 Å². The highest BCUT2D eigenvalue weighted by molar-refractivity contribution is 6.31. The molecule has 0 radical (unpaired) electrons. The molecule has 0 spiro atoms. The Balaban J connectivity index is 1.69. The zero-order chi connectivity index (χ0) is 26.3. The summed E-state index contributed by atoms with van der Waals surface area (Å²) in [6.07, 6.45) is 0. The van der Waals surface area contributed by atoms with E-state index in [9.17, 15) is 9.59 Å². The lowest BCUT2D eigenvalue weighted by molar-refractivity contribution is 0.0714. The number of amides is 1. The summed E-state index contributed by atoms with van der Waals surface area (Å²) in [7, 11) is 1.57. The third kappa shape index (κ3) is 4.58. The first-order valence-corrected chi connectivity index (χ1v) is 12.6. The third-order valence-electron chi connectivity index (χ3n) is 6.50. The van der Waals surface area contributed by atoms with Crippen LogP contribution in [0.3, 0.4) is 0 Å². The normalized spacial score (nSPS) is 14.9. The van der Waals surface area contributed by atoms with Crippen molar-refractivity contribution < 1.29 is 18.7 Å². The molecule has 0 saturated heterocycles. The van der Waals surface area contributed by atoms with Crippen LogP contribution in [0.2, 0.25) is 5.02 Å². The van der Waals surface area contributed by atoms with Gasteiger partial charge in [0.05, 0.1) is 30.7 Å². The monoisotopic (exact) mass is 517 g/mol. The van der Waals surface area contributed by atoms with Crippen LogP contribution in [-0.4, -0.2) is 24.5 Å². The van der Waals surface area contributed by atoms with Crippen molar-refractivity contribution in [2.24, 2.45) is 5.92 Å². The first-order valence-electron chi connectivity index (χ1n) is 12.2. The lowest BCUT2D eigenvalue weighted by Crippen LogP contribution is -2.29. The predicted molar refractivity (Wildman–Crippen MR) is 144 cm³/mol. The van der Waals surface area contributed by atoms with Gasteiger partial charge in [0.1, 0.15) is 5.58 Å². The van der Waals surface area contributed by atoms with Crippen LogP contribution in [0.25, 0.3) is 11.0 Å². The molecule has 5 rings (SSSR count). The number of hydrogen-bond donors (Lipinski definition) is 0. The Morgan fingerprint density at radius 1 is 1.03 bits per heavy atom. The Kier molecular flexibility index (Phi) is 6.69. The van der Waals surface area contributed by atoms with Crippen LogP contribution in [0.1, 0.15) is 52.7 Å². The maximum Gasteiger partial charge on any atom is 0.291 e. The molecule has 0 bridgehead atoms. The van der Waals surface area contributed by atoms with Gasteiger partial charge in [-0.3, -0.25) is 9.59 Å². The second-order valence-electron chi connectivity index (χ2n) is 9.72. The molecule has 1 amide bonds. The lowest BCUT2D eigenvalue weighted by Gasteiger charge is -2.26. The largest absolute Gasteiger partial charge is 0.493 e. The Morgan fingerprint density at radius 2 is 1.81 bits per heavy atom. The summed E-state index contributed by atoms with van der Waals surface area (Å²) < 4.78 is 17.6. The van der Waals surface area contributed by atoms with Gasteiger partial charge in [0, 0.05) is 11.6 Å². The van der Waals surface area contributed by atoms with Gasteiger partial charge in [-0.1, -0.05) is 61.3 Å². The van der Waals surface area contributed by atoms with Crippen molar-refractivity contribution in [2.75, 3.05) is 13.7 Å². The van der Waals surface area contributed by atoms with Crippen LogP contribution in [0.4, 0.5) is 0 Å². The van der Waals surface area contributed by atoms with Gasteiger partial charge >= 0.3 is 0 Å². The summed E-state index contributed by atoms with van der Waals surface area (Å²) in [4.78, 5) is 29.2. The number of aryl methyl sites for hydroxylation is 1. The number of carbonyl (C=O) groups excluding carboxylic acids is 1. The van der Waals surface area contributed by atoms with Gasteiger partial charge in [0.15, 0.2) is 16.9 Å². The maximum atomic E-state index is 13.8. The van der Waals surface area contributed by atoms with Gasteiger partial charge in [0.25, 0.3) is 5.91 Å². The van der Waals surface area contributed by atoms with E-state index in [2.05, 4.69) is 13.8 Å². The van der Waals surface area contributed by atoms with Crippen LogP contribution in [-0.2, 0) is 6.54 Å². The second kappa shape index (κ2) is 9.94. The topological polar surface area (TPSA) is 69.0 Å². The molecule has 0 fully saturated rings. The molecule has 3 aromatic carbocycles. The van der Waals surface area contributed by atoms with Gasteiger partial charge in [-0.05, 0) is 54.3 Å². The smallest absolute Gasteiger partial charge is 0.291 e. The molecule has 2 heterocycles. The van der Waals surface area contributed by atoms with E-state index in [-0.39, 0.29) is 23.6 Å². The number of carbonyl (C=O) groups is 1. The van der Waals surface area contributed by atoms with E-state index >= 15 is 0 Å². The van der Waals surface area contributed by atoms with E-state index in [0.717, 1.165) is 11.1 Å². The van der Waals surface area contributed by atoms with Crippen molar-refractivity contribution in [2.45, 2.75) is 33.4 Å². The number of fused-ring (bicyclic) bond motifs is 2. The number of halogens is 1. The molecule has 1 aromatic heterocycles. The van der Waals surface area contributed by atoms with Gasteiger partial charge in [0.2, 0.25) is 5.76 Å². The minimum absolute atomic E-state index is 0.0532. The fraction of sp³-hybridized carbons (Fsp3) is 0.267. The first-order chi connectivity index (χ1) is 17.8. The predicted octanol–water partition coefficient (Wildman–Crippen LogP) is 6.54. The van der Waals surface area contributed by atoms with Gasteiger partial charge in [-0.2, -0.15) is 0 Å². The van der Waals surface area contributed by atoms with Crippen molar-refractivity contribution in [1.82, 2.24) is 4.90 Å². The van der Waals surface area contributed by atoms with E-state index in [1.165, 1.54) is 0 Å². The van der Waals surface area contributed by atoms with Gasteiger partial charge in [-0.15, -0.1) is 0 Å². The minimum atomic E-state index is -0.687. The van der Waals surface area contributed by atoms with Gasteiger partial charge in [-0.25, -0.2) is 0 Å². The Hall–Kier alpha value is -3.77. The average Bonchev–Trinajstić information content (AvgIpc) is 3.16. The number of ether oxygens (including phenoxy) is 2. The SMILES string of the molecule is COc1cc(C2c3c(oc4ccc(C)cc4c3=O)C(=O)N2Cc2ccccc2Cl)ccc1OCC(C)C. The zero-order valence-corrected chi connectivity index (χ0v) is 22.0. The Labute approximate surface area is 220 Å². The molecule has 37 heavy (non-hydrogen) atoms. The fourth-order valence-corrected chi connectivity index (χ4v) is 4.88. The van der Waals surface area contributed by atoms with Crippen LogP contribution < -0.4 is 14.9 Å². The summed E-state index contributed by atoms with van der Waals surface area (Å²) >= 11 is 6.46. The van der Waals surface area contributed by atoms with Crippen LogP contribution >= 0.6 is 11.6 Å². The zero-order valence-electron chi connectivity index (χ0n) is 21.2. The molecule has 7 heteroatoms. The number of hydrogen-bond acceptors (Lipinski definition) is 5. The van der Waals surface area contributed by atoms with Gasteiger partial charge < -0.3 is 18.8 Å². The molecular formula is C30H28ClNO5. The quantitative estimate of drug-likeness (QED) is 0.278. The van der Waals surface area contributed by atoms with E-state index in [1.807, 2.05) is 49.4 Å². The molecule has 1 unspecified atom stereocenters. The highest BCUT2D eigenvalue weighted by Crippen LogP contribution is 2.42. The van der Waals surface area contributed by atoms with Crippen molar-refractivity contribution in [3.63, 3.8) is 0 Å². The maximum absolute atomic E-state index is 13.8. The average molecular weight is 518 g/mol. The summed E-state index contributed by atoms with van der Waals surface area (Å²) in [6.45, 7) is 6.79. The van der Waals surface area contributed by atoms with Crippen molar-refractivity contribution >= 4 is 28.5 Å². The molecule has 0 aliphatic carbocycles. The Bertz CT molecular complexity index is 1560. The molecule has 0 N–H and O–H groups in total. The molecule has 6 nitrogen and oxygen atoms in total. The number of rotatable bonds is 7. The number of methoxy groups -OCH3 is 1. The van der Waals surface area contributed by atoms with Crippen LogP contribution in [0, 0.1) is 12.8 Å². The summed E-state index contributed by atoms with van der Waals surface area (Å²) in [5.41, 5.74) is 2.89. The summed E-state index contributed by atoms with van der Waals surface area (Å²) in [5, 5.41) is 0.986. The van der Waals surface area contributed by atoms with E-state index in [1.54, 1.807) is 30.2 Å². The molecule has 190 valence electrons. The first kappa shape index (κ1) is 24.9.